The van der Waals surface area contributed by atoms with E-state index in [-0.39, 0.29) is 18.6 Å². The van der Waals surface area contributed by atoms with Gasteiger partial charge in [-0.05, 0) is 18.8 Å². The smallest absolute Gasteiger partial charge is 0.311 e. The Morgan fingerprint density at radius 3 is 2.82 bits per heavy atom. The monoisotopic (exact) mass is 237 g/mol. The summed E-state index contributed by atoms with van der Waals surface area (Å²) in [6, 6.07) is 1.75. The number of aliphatic hydroxyl groups excluding tert-OH is 1. The number of carbonyl (C=O) groups excluding carboxylic acids is 2. The van der Waals surface area contributed by atoms with Crippen molar-refractivity contribution < 1.29 is 14.7 Å². The fourth-order valence-electron chi connectivity index (χ4n) is 2.74. The van der Waals surface area contributed by atoms with Crippen molar-refractivity contribution in [1.29, 1.82) is 5.26 Å². The Hall–Kier alpha value is -1.61. The van der Waals surface area contributed by atoms with Gasteiger partial charge in [0.1, 0.15) is 6.54 Å². The van der Waals surface area contributed by atoms with Gasteiger partial charge in [-0.3, -0.25) is 9.59 Å². The summed E-state index contributed by atoms with van der Waals surface area (Å²) < 4.78 is 0. The average molecular weight is 237 g/mol. The number of amides is 2. The number of likely N-dealkylation sites (tertiary alicyclic amines) is 1. The number of rotatable bonds is 1. The van der Waals surface area contributed by atoms with Crippen LogP contribution in [-0.2, 0) is 9.59 Å². The predicted molar refractivity (Wildman–Crippen MR) is 57.4 cm³/mol. The summed E-state index contributed by atoms with van der Waals surface area (Å²) in [5, 5.41) is 20.2. The summed E-state index contributed by atoms with van der Waals surface area (Å²) in [5.41, 5.74) is 0. The normalized spacial score (nSPS) is 30.8. The zero-order valence-electron chi connectivity index (χ0n) is 9.43. The van der Waals surface area contributed by atoms with Crippen molar-refractivity contribution in [2.75, 3.05) is 19.6 Å². The summed E-state index contributed by atoms with van der Waals surface area (Å²) in [5.74, 6) is -0.900. The second-order valence-corrected chi connectivity index (χ2v) is 4.62. The number of nitriles is 1. The van der Waals surface area contributed by atoms with Gasteiger partial charge < -0.3 is 15.3 Å². The van der Waals surface area contributed by atoms with Gasteiger partial charge in [0.05, 0.1) is 12.2 Å². The van der Waals surface area contributed by atoms with Crippen LogP contribution in [0.4, 0.5) is 0 Å². The van der Waals surface area contributed by atoms with E-state index in [0.29, 0.717) is 19.0 Å². The van der Waals surface area contributed by atoms with Crippen LogP contribution in [0.5, 0.6) is 0 Å². The molecule has 1 saturated carbocycles. The maximum Gasteiger partial charge on any atom is 0.311 e. The lowest BCUT2D eigenvalue weighted by atomic mass is 10.00. The second kappa shape index (κ2) is 4.72. The van der Waals surface area contributed by atoms with Gasteiger partial charge in [-0.2, -0.15) is 5.26 Å². The Labute approximate surface area is 99.2 Å². The van der Waals surface area contributed by atoms with Crippen molar-refractivity contribution in [3.8, 4) is 6.07 Å². The summed E-state index contributed by atoms with van der Waals surface area (Å²) in [6.45, 7) is 0.832. The highest BCUT2D eigenvalue weighted by Gasteiger charge is 2.44. The zero-order valence-corrected chi connectivity index (χ0v) is 9.43. The lowest BCUT2D eigenvalue weighted by Gasteiger charge is -2.17. The molecule has 2 fully saturated rings. The third-order valence-electron chi connectivity index (χ3n) is 3.63. The summed E-state index contributed by atoms with van der Waals surface area (Å²) >= 11 is 0. The van der Waals surface area contributed by atoms with Gasteiger partial charge in [-0.1, -0.05) is 0 Å². The van der Waals surface area contributed by atoms with Crippen LogP contribution in [0, 0.1) is 23.2 Å². The van der Waals surface area contributed by atoms with Crippen LogP contribution in [0.2, 0.25) is 0 Å². The van der Waals surface area contributed by atoms with Crippen LogP contribution >= 0.6 is 0 Å². The molecule has 0 spiro atoms. The van der Waals surface area contributed by atoms with Gasteiger partial charge in [0, 0.05) is 19.0 Å². The third kappa shape index (κ3) is 2.24. The number of fused-ring (bicyclic) bond motifs is 1. The van der Waals surface area contributed by atoms with Crippen LogP contribution < -0.4 is 5.32 Å². The van der Waals surface area contributed by atoms with E-state index in [1.54, 1.807) is 6.07 Å². The van der Waals surface area contributed by atoms with E-state index in [9.17, 15) is 14.7 Å². The molecule has 1 aliphatic carbocycles. The summed E-state index contributed by atoms with van der Waals surface area (Å²) in [4.78, 5) is 24.6. The van der Waals surface area contributed by atoms with E-state index in [4.69, 9.17) is 5.26 Å². The molecule has 3 atom stereocenters. The van der Waals surface area contributed by atoms with E-state index in [0.717, 1.165) is 12.8 Å². The molecule has 0 bridgehead atoms. The summed E-state index contributed by atoms with van der Waals surface area (Å²) in [7, 11) is 0. The highest BCUT2D eigenvalue weighted by molar-refractivity contribution is 6.35. The quantitative estimate of drug-likeness (QED) is 0.445. The van der Waals surface area contributed by atoms with E-state index in [1.807, 2.05) is 0 Å². The van der Waals surface area contributed by atoms with Crippen LogP contribution in [0.15, 0.2) is 0 Å². The molecular weight excluding hydrogens is 222 g/mol. The van der Waals surface area contributed by atoms with Crippen LogP contribution in [-0.4, -0.2) is 47.6 Å². The van der Waals surface area contributed by atoms with Crippen molar-refractivity contribution in [2.24, 2.45) is 11.8 Å². The molecular formula is C11H15N3O3. The molecule has 0 aromatic carbocycles. The largest absolute Gasteiger partial charge is 0.393 e. The molecule has 2 rings (SSSR count). The van der Waals surface area contributed by atoms with Crippen LogP contribution in [0.3, 0.4) is 0 Å². The van der Waals surface area contributed by atoms with Crippen molar-refractivity contribution in [3.63, 3.8) is 0 Å². The van der Waals surface area contributed by atoms with Crippen LogP contribution in [0.25, 0.3) is 0 Å². The zero-order chi connectivity index (χ0) is 12.4. The molecule has 3 unspecified atom stereocenters. The average Bonchev–Trinajstić information content (AvgIpc) is 2.88. The van der Waals surface area contributed by atoms with Crippen molar-refractivity contribution >= 4 is 11.8 Å². The molecule has 1 heterocycles. The molecule has 0 radical (unpaired) electrons. The predicted octanol–water partition coefficient (Wildman–Crippen LogP) is -1.14. The van der Waals surface area contributed by atoms with E-state index in [1.165, 1.54) is 4.90 Å². The molecule has 6 nitrogen and oxygen atoms in total. The number of nitrogens with zero attached hydrogens (tertiary/aromatic N) is 2. The van der Waals surface area contributed by atoms with E-state index in [2.05, 4.69) is 5.32 Å². The topological polar surface area (TPSA) is 93.4 Å². The minimum atomic E-state index is -0.735. The van der Waals surface area contributed by atoms with Gasteiger partial charge in [-0.25, -0.2) is 0 Å². The highest BCUT2D eigenvalue weighted by Crippen LogP contribution is 2.37. The number of carbonyl (C=O) groups is 2. The first-order valence-electron chi connectivity index (χ1n) is 5.75. The number of hydrogen-bond donors (Lipinski definition) is 2. The first kappa shape index (κ1) is 11.9. The Bertz CT molecular complexity index is 377. The molecule has 2 amide bonds. The second-order valence-electron chi connectivity index (χ2n) is 4.62. The standard InChI is InChI=1S/C11H15N3O3/c12-3-4-13-10(16)11(17)14-5-7-1-2-9(15)8(7)6-14/h7-9,15H,1-2,4-6H2,(H,13,16). The van der Waals surface area contributed by atoms with E-state index < -0.39 is 11.8 Å². The Kier molecular flexibility index (Phi) is 3.29. The molecule has 6 heteroatoms. The number of hydrogen-bond acceptors (Lipinski definition) is 4. The molecule has 0 aromatic heterocycles. The fourth-order valence-corrected chi connectivity index (χ4v) is 2.74. The van der Waals surface area contributed by atoms with Gasteiger partial charge in [0.2, 0.25) is 0 Å². The van der Waals surface area contributed by atoms with Gasteiger partial charge in [0.15, 0.2) is 0 Å². The number of aliphatic hydroxyl groups is 1. The van der Waals surface area contributed by atoms with Crippen molar-refractivity contribution in [1.82, 2.24) is 10.2 Å². The lowest BCUT2D eigenvalue weighted by molar-refractivity contribution is -0.145. The number of nitrogens with one attached hydrogen (secondary N) is 1. The fraction of sp³-hybridized carbons (Fsp3) is 0.727. The Morgan fingerprint density at radius 1 is 1.41 bits per heavy atom. The molecule has 2 aliphatic rings. The van der Waals surface area contributed by atoms with Crippen molar-refractivity contribution in [2.45, 2.75) is 18.9 Å². The maximum atomic E-state index is 11.7. The Balaban J connectivity index is 1.91. The maximum absolute atomic E-state index is 11.7. The van der Waals surface area contributed by atoms with Crippen molar-refractivity contribution in [3.05, 3.63) is 0 Å². The lowest BCUT2D eigenvalue weighted by Crippen LogP contribution is -2.42. The molecule has 1 aliphatic heterocycles. The third-order valence-corrected chi connectivity index (χ3v) is 3.63. The first-order valence-corrected chi connectivity index (χ1v) is 5.75. The molecule has 92 valence electrons. The molecule has 1 saturated heterocycles. The summed E-state index contributed by atoms with van der Waals surface area (Å²) in [6.07, 6.45) is 1.35. The SMILES string of the molecule is N#CCNC(=O)C(=O)N1CC2CCC(O)C2C1. The van der Waals surface area contributed by atoms with Gasteiger partial charge in [-0.15, -0.1) is 0 Å². The molecule has 0 aromatic rings. The minimum absolute atomic E-state index is 0.114. The molecule has 17 heavy (non-hydrogen) atoms. The van der Waals surface area contributed by atoms with Gasteiger partial charge in [0.25, 0.3) is 0 Å². The molecule has 2 N–H and O–H groups in total. The van der Waals surface area contributed by atoms with Crippen LogP contribution in [0.1, 0.15) is 12.8 Å². The minimum Gasteiger partial charge on any atom is -0.393 e. The Morgan fingerprint density at radius 2 is 2.18 bits per heavy atom. The first-order chi connectivity index (χ1) is 8.13. The van der Waals surface area contributed by atoms with E-state index >= 15 is 0 Å². The highest BCUT2D eigenvalue weighted by atomic mass is 16.3. The van der Waals surface area contributed by atoms with Gasteiger partial charge >= 0.3 is 11.8 Å².